The van der Waals surface area contributed by atoms with Gasteiger partial charge in [0.05, 0.1) is 17.1 Å². The van der Waals surface area contributed by atoms with Crippen LogP contribution in [-0.2, 0) is 4.79 Å². The van der Waals surface area contributed by atoms with E-state index in [1.807, 2.05) is 23.3 Å². The van der Waals surface area contributed by atoms with E-state index in [4.69, 9.17) is 16.1 Å². The predicted octanol–water partition coefficient (Wildman–Crippen LogP) is 2.75. The van der Waals surface area contributed by atoms with Crippen LogP contribution in [0.2, 0.25) is 5.02 Å². The number of benzene rings is 1. The molecule has 2 amide bonds. The summed E-state index contributed by atoms with van der Waals surface area (Å²) < 4.78 is 4.93. The van der Waals surface area contributed by atoms with E-state index in [0.717, 1.165) is 4.90 Å². The molecular formula is C18H21ClN4O3S. The molecule has 144 valence electrons. The van der Waals surface area contributed by atoms with E-state index in [1.165, 1.54) is 0 Å². The Morgan fingerprint density at radius 1 is 1.26 bits per heavy atom. The maximum Gasteiger partial charge on any atom is 0.255 e. The topological polar surface area (TPSA) is 78.7 Å². The number of hydrogen-bond acceptors (Lipinski definition) is 6. The molecule has 2 aromatic rings. The van der Waals surface area contributed by atoms with Gasteiger partial charge in [0.1, 0.15) is 5.76 Å². The number of anilines is 1. The molecule has 0 aliphatic carbocycles. The van der Waals surface area contributed by atoms with Crippen molar-refractivity contribution in [3.8, 4) is 0 Å². The first-order valence-corrected chi connectivity index (χ1v) is 10.1. The molecule has 27 heavy (non-hydrogen) atoms. The summed E-state index contributed by atoms with van der Waals surface area (Å²) in [5.41, 5.74) is 0.524. The summed E-state index contributed by atoms with van der Waals surface area (Å²) in [6, 6.07) is 7.15. The van der Waals surface area contributed by atoms with Crippen molar-refractivity contribution in [2.24, 2.45) is 0 Å². The van der Waals surface area contributed by atoms with Gasteiger partial charge >= 0.3 is 0 Å². The van der Waals surface area contributed by atoms with Crippen molar-refractivity contribution in [1.82, 2.24) is 15.0 Å². The zero-order chi connectivity index (χ0) is 19.4. The van der Waals surface area contributed by atoms with E-state index in [-0.39, 0.29) is 18.4 Å². The zero-order valence-electron chi connectivity index (χ0n) is 15.2. The minimum Gasteiger partial charge on any atom is -0.360 e. The summed E-state index contributed by atoms with van der Waals surface area (Å²) in [6.07, 6.45) is 1.96. The van der Waals surface area contributed by atoms with Gasteiger partial charge < -0.3 is 14.7 Å². The summed E-state index contributed by atoms with van der Waals surface area (Å²) >= 11 is 7.78. The molecule has 2 heterocycles. The van der Waals surface area contributed by atoms with Crippen LogP contribution in [0.15, 0.2) is 33.7 Å². The number of carbonyl (C=O) groups is 2. The van der Waals surface area contributed by atoms with Gasteiger partial charge in [-0.15, -0.1) is 11.8 Å². The average molecular weight is 409 g/mol. The molecular weight excluding hydrogens is 388 g/mol. The number of nitrogens with zero attached hydrogens (tertiary/aromatic N) is 3. The Morgan fingerprint density at radius 2 is 2.00 bits per heavy atom. The van der Waals surface area contributed by atoms with Gasteiger partial charge in [0.25, 0.3) is 5.91 Å². The van der Waals surface area contributed by atoms with Gasteiger partial charge in [-0.3, -0.25) is 14.5 Å². The van der Waals surface area contributed by atoms with Crippen molar-refractivity contribution in [1.29, 1.82) is 0 Å². The first-order valence-electron chi connectivity index (χ1n) is 8.54. The SMILES string of the molecule is CSc1ccc(Cl)c(C(=O)N2CCN(CC(=O)Nc3cc(C)on3)CC2)c1. The van der Waals surface area contributed by atoms with Crippen LogP contribution in [0.3, 0.4) is 0 Å². The molecule has 0 saturated carbocycles. The van der Waals surface area contributed by atoms with Crippen LogP contribution in [0.4, 0.5) is 5.82 Å². The molecule has 0 unspecified atom stereocenters. The largest absolute Gasteiger partial charge is 0.360 e. The van der Waals surface area contributed by atoms with Crippen LogP contribution in [-0.4, -0.2) is 65.8 Å². The summed E-state index contributed by atoms with van der Waals surface area (Å²) in [4.78, 5) is 29.7. The second kappa shape index (κ2) is 8.77. The first-order chi connectivity index (χ1) is 13.0. The third kappa shape index (κ3) is 5.03. The monoisotopic (exact) mass is 408 g/mol. The Balaban J connectivity index is 1.52. The lowest BCUT2D eigenvalue weighted by atomic mass is 10.1. The molecule has 3 rings (SSSR count). The number of hydrogen-bond donors (Lipinski definition) is 1. The number of aryl methyl sites for hydroxylation is 1. The fraction of sp³-hybridized carbons (Fsp3) is 0.389. The first kappa shape index (κ1) is 19.7. The number of aromatic nitrogens is 1. The normalized spacial score (nSPS) is 15.0. The van der Waals surface area contributed by atoms with E-state index in [2.05, 4.69) is 10.5 Å². The van der Waals surface area contributed by atoms with E-state index in [0.29, 0.717) is 48.3 Å². The Kier molecular flexibility index (Phi) is 6.41. The Morgan fingerprint density at radius 3 is 2.63 bits per heavy atom. The summed E-state index contributed by atoms with van der Waals surface area (Å²) in [7, 11) is 0. The van der Waals surface area contributed by atoms with Gasteiger partial charge in [-0.25, -0.2) is 0 Å². The maximum absolute atomic E-state index is 12.8. The highest BCUT2D eigenvalue weighted by Crippen LogP contribution is 2.24. The molecule has 0 spiro atoms. The predicted molar refractivity (Wildman–Crippen MR) is 105 cm³/mol. The van der Waals surface area contributed by atoms with Crippen molar-refractivity contribution in [2.45, 2.75) is 11.8 Å². The summed E-state index contributed by atoms with van der Waals surface area (Å²) in [5, 5.41) is 6.91. The highest BCUT2D eigenvalue weighted by molar-refractivity contribution is 7.98. The number of carbonyl (C=O) groups excluding carboxylic acids is 2. The molecule has 1 aliphatic rings. The lowest BCUT2D eigenvalue weighted by Gasteiger charge is -2.34. The number of rotatable bonds is 5. The third-order valence-corrected chi connectivity index (χ3v) is 5.38. The Bertz CT molecular complexity index is 834. The zero-order valence-corrected chi connectivity index (χ0v) is 16.8. The summed E-state index contributed by atoms with van der Waals surface area (Å²) in [6.45, 7) is 4.36. The van der Waals surface area contributed by atoms with Crippen LogP contribution < -0.4 is 5.32 Å². The minimum atomic E-state index is -0.154. The number of nitrogens with one attached hydrogen (secondary N) is 1. The molecule has 7 nitrogen and oxygen atoms in total. The van der Waals surface area contributed by atoms with Crippen LogP contribution in [0.25, 0.3) is 0 Å². The standard InChI is InChI=1S/C18H21ClN4O3S/c1-12-9-16(21-26-12)20-17(24)11-22-5-7-23(8-6-22)18(25)14-10-13(27-2)3-4-15(14)19/h3-4,9-10H,5-8,11H2,1-2H3,(H,20,21,24). The van der Waals surface area contributed by atoms with Gasteiger partial charge in [-0.1, -0.05) is 16.8 Å². The molecule has 9 heteroatoms. The smallest absolute Gasteiger partial charge is 0.255 e. The van der Waals surface area contributed by atoms with Crippen molar-refractivity contribution in [3.63, 3.8) is 0 Å². The molecule has 1 aliphatic heterocycles. The van der Waals surface area contributed by atoms with Crippen LogP contribution in [0.1, 0.15) is 16.1 Å². The van der Waals surface area contributed by atoms with E-state index in [9.17, 15) is 9.59 Å². The van der Waals surface area contributed by atoms with E-state index in [1.54, 1.807) is 35.7 Å². The molecule has 0 atom stereocenters. The highest BCUT2D eigenvalue weighted by Gasteiger charge is 2.25. The molecule has 1 aromatic heterocycles. The second-order valence-electron chi connectivity index (χ2n) is 6.29. The lowest BCUT2D eigenvalue weighted by molar-refractivity contribution is -0.117. The summed E-state index contributed by atoms with van der Waals surface area (Å²) in [5.74, 6) is 0.827. The highest BCUT2D eigenvalue weighted by atomic mass is 35.5. The van der Waals surface area contributed by atoms with Gasteiger partial charge in [0.2, 0.25) is 5.91 Å². The van der Waals surface area contributed by atoms with E-state index >= 15 is 0 Å². The average Bonchev–Trinajstić information content (AvgIpc) is 3.06. The Labute approximate surface area is 167 Å². The van der Waals surface area contributed by atoms with Crippen LogP contribution in [0, 0.1) is 6.92 Å². The van der Waals surface area contributed by atoms with Gasteiger partial charge in [-0.2, -0.15) is 0 Å². The fourth-order valence-electron chi connectivity index (χ4n) is 2.89. The Hall–Kier alpha value is -2.03. The molecule has 1 N–H and O–H groups in total. The number of amides is 2. The minimum absolute atomic E-state index is 0.0712. The van der Waals surface area contributed by atoms with E-state index < -0.39 is 0 Å². The molecule has 0 bridgehead atoms. The van der Waals surface area contributed by atoms with Crippen LogP contribution >= 0.6 is 23.4 Å². The van der Waals surface area contributed by atoms with Crippen molar-refractivity contribution >= 4 is 41.0 Å². The molecule has 0 radical (unpaired) electrons. The van der Waals surface area contributed by atoms with Crippen molar-refractivity contribution < 1.29 is 14.1 Å². The second-order valence-corrected chi connectivity index (χ2v) is 7.57. The van der Waals surface area contributed by atoms with Gasteiger partial charge in [0.15, 0.2) is 5.82 Å². The number of thioether (sulfide) groups is 1. The number of halogens is 1. The molecule has 1 fully saturated rings. The maximum atomic E-state index is 12.8. The fourth-order valence-corrected chi connectivity index (χ4v) is 3.52. The van der Waals surface area contributed by atoms with Crippen molar-refractivity contribution in [3.05, 3.63) is 40.6 Å². The van der Waals surface area contributed by atoms with Gasteiger partial charge in [0, 0.05) is 37.1 Å². The lowest BCUT2D eigenvalue weighted by Crippen LogP contribution is -2.50. The van der Waals surface area contributed by atoms with Crippen molar-refractivity contribution in [2.75, 3.05) is 44.3 Å². The van der Waals surface area contributed by atoms with Crippen LogP contribution in [0.5, 0.6) is 0 Å². The third-order valence-electron chi connectivity index (χ3n) is 4.33. The quantitative estimate of drug-likeness (QED) is 0.766. The van der Waals surface area contributed by atoms with Gasteiger partial charge in [-0.05, 0) is 31.4 Å². The number of piperazine rings is 1. The molecule has 1 saturated heterocycles. The molecule has 1 aromatic carbocycles.